The van der Waals surface area contributed by atoms with Gasteiger partial charge in [-0.05, 0) is 102 Å². The van der Waals surface area contributed by atoms with Gasteiger partial charge in [-0.15, -0.1) is 0 Å². The Bertz CT molecular complexity index is 2430. The number of hydrogen-bond acceptors (Lipinski definition) is 14. The van der Waals surface area contributed by atoms with Crippen LogP contribution in [0.1, 0.15) is 74.4 Å². The minimum Gasteiger partial charge on any atom is -0.480 e. The number of benzene rings is 1. The number of halogens is 2. The number of hydrogen-bond donors (Lipinski definition) is 4. The lowest BCUT2D eigenvalue weighted by molar-refractivity contribution is -0.156. The molecular formula is C48H58ClFN8O9. The largest absolute Gasteiger partial charge is 0.480 e. The predicted molar refractivity (Wildman–Crippen MR) is 251 cm³/mol. The Hall–Kier alpha value is -6.92. The Balaban J connectivity index is 0.000000293. The standard InChI is InChI=1S/C25H36N4O5.C23H22ClFN4O4/c1-24(2,3)33-22(30)19(26)15-17-11-12-21(27-16-17)32-14-13-18-9-8-10-20(28-18)29(7)23(31)34-25(4,5)6;1-26-20-4-2-3-16(28-20)9-10-33-21-8-5-14(13-27-21)11-19(23(31)32)29-22(30)17-7-6-15(25)12-18(17)24/h8-12,16,19H,13-15,26H2,1-7H3;2-8,12-13,19H,9-11H2,1H3,(H,26,28)(H,29,30)(H,31,32)/t2*19-/m00/s1. The number of nitrogens with one attached hydrogen (secondary N) is 2. The van der Waals surface area contributed by atoms with Crippen molar-refractivity contribution in [3.63, 3.8) is 0 Å². The number of carbonyl (C=O) groups is 4. The van der Waals surface area contributed by atoms with Gasteiger partial charge in [0.1, 0.15) is 40.7 Å². The minimum atomic E-state index is -1.22. The lowest BCUT2D eigenvalue weighted by Gasteiger charge is -2.24. The quantitative estimate of drug-likeness (QED) is 0.0646. The van der Waals surface area contributed by atoms with Crippen molar-refractivity contribution in [1.29, 1.82) is 0 Å². The van der Waals surface area contributed by atoms with E-state index in [0.717, 1.165) is 34.9 Å². The summed E-state index contributed by atoms with van der Waals surface area (Å²) in [6.45, 7) is 11.6. The molecule has 17 nitrogen and oxygen atoms in total. The van der Waals surface area contributed by atoms with Crippen LogP contribution in [0.4, 0.5) is 20.8 Å². The SMILES string of the molecule is CN(C(=O)OC(C)(C)C)c1cccc(CCOc2ccc(C[C@H](N)C(=O)OC(C)(C)C)cn2)n1.CNc1cccc(CCOc2ccc(C[C@H](NC(=O)c3ccc(F)cc3Cl)C(=O)O)cn2)n1. The number of pyridine rings is 4. The lowest BCUT2D eigenvalue weighted by atomic mass is 10.1. The Morgan fingerprint density at radius 3 is 1.88 bits per heavy atom. The summed E-state index contributed by atoms with van der Waals surface area (Å²) in [4.78, 5) is 67.1. The van der Waals surface area contributed by atoms with Gasteiger partial charge < -0.3 is 40.4 Å². The molecular weight excluding hydrogens is 887 g/mol. The average molecular weight is 945 g/mol. The average Bonchev–Trinajstić information content (AvgIpc) is 3.26. The molecule has 5 rings (SSSR count). The highest BCUT2D eigenvalue weighted by molar-refractivity contribution is 6.33. The number of aliphatic carboxylic acids is 1. The summed E-state index contributed by atoms with van der Waals surface area (Å²) in [6, 6.07) is 19.3. The molecule has 0 saturated heterocycles. The Morgan fingerprint density at radius 1 is 0.791 bits per heavy atom. The van der Waals surface area contributed by atoms with Crippen LogP contribution in [0.5, 0.6) is 11.8 Å². The number of amides is 2. The molecule has 0 aliphatic carbocycles. The van der Waals surface area contributed by atoms with E-state index < -0.39 is 53.0 Å². The third-order valence-corrected chi connectivity index (χ3v) is 9.37. The van der Waals surface area contributed by atoms with Gasteiger partial charge >= 0.3 is 18.0 Å². The lowest BCUT2D eigenvalue weighted by Crippen LogP contribution is -2.42. The molecule has 0 unspecified atom stereocenters. The molecule has 5 aromatic rings. The molecule has 2 atom stereocenters. The molecule has 67 heavy (non-hydrogen) atoms. The van der Waals surface area contributed by atoms with Gasteiger partial charge in [-0.25, -0.2) is 33.9 Å². The summed E-state index contributed by atoms with van der Waals surface area (Å²) >= 11 is 5.88. The zero-order valence-electron chi connectivity index (χ0n) is 38.8. The van der Waals surface area contributed by atoms with Crippen LogP contribution in [-0.2, 0) is 44.7 Å². The highest BCUT2D eigenvalue weighted by Crippen LogP contribution is 2.19. The van der Waals surface area contributed by atoms with E-state index in [0.29, 0.717) is 55.6 Å². The van der Waals surface area contributed by atoms with E-state index in [2.05, 4.69) is 30.6 Å². The van der Waals surface area contributed by atoms with Gasteiger partial charge in [0.25, 0.3) is 5.91 Å². The van der Waals surface area contributed by atoms with Gasteiger partial charge in [0, 0.05) is 69.3 Å². The molecule has 0 aliphatic heterocycles. The molecule has 4 aromatic heterocycles. The summed E-state index contributed by atoms with van der Waals surface area (Å²) in [5, 5.41) is 14.8. The van der Waals surface area contributed by atoms with Gasteiger partial charge in [0.2, 0.25) is 11.8 Å². The smallest absolute Gasteiger partial charge is 0.415 e. The third kappa shape index (κ3) is 18.5. The zero-order chi connectivity index (χ0) is 49.3. The maximum Gasteiger partial charge on any atom is 0.415 e. The van der Waals surface area contributed by atoms with Crippen LogP contribution < -0.4 is 30.7 Å². The number of esters is 1. The van der Waals surface area contributed by atoms with Crippen molar-refractivity contribution < 1.29 is 47.6 Å². The summed E-state index contributed by atoms with van der Waals surface area (Å²) in [6.07, 6.45) is 4.10. The predicted octanol–water partition coefficient (Wildman–Crippen LogP) is 7.04. The first-order valence-electron chi connectivity index (χ1n) is 21.3. The topological polar surface area (TPSA) is 230 Å². The van der Waals surface area contributed by atoms with Crippen molar-refractivity contribution in [3.8, 4) is 11.8 Å². The van der Waals surface area contributed by atoms with Crippen molar-refractivity contribution in [2.45, 2.75) is 90.5 Å². The van der Waals surface area contributed by atoms with Gasteiger partial charge in [-0.2, -0.15) is 0 Å². The van der Waals surface area contributed by atoms with Crippen LogP contribution >= 0.6 is 11.6 Å². The van der Waals surface area contributed by atoms with Gasteiger partial charge in [0.15, 0.2) is 0 Å². The summed E-state index contributed by atoms with van der Waals surface area (Å²) in [5.74, 6) is -0.863. The fourth-order valence-corrected chi connectivity index (χ4v) is 6.04. The monoisotopic (exact) mass is 944 g/mol. The van der Waals surface area contributed by atoms with E-state index >= 15 is 0 Å². The van der Waals surface area contributed by atoms with Crippen molar-refractivity contribution in [2.75, 3.05) is 37.5 Å². The maximum absolute atomic E-state index is 13.2. The Morgan fingerprint density at radius 2 is 1.36 bits per heavy atom. The van der Waals surface area contributed by atoms with Gasteiger partial charge in [0.05, 0.1) is 23.8 Å². The maximum atomic E-state index is 13.2. The van der Waals surface area contributed by atoms with E-state index in [9.17, 15) is 28.7 Å². The normalized spacial score (nSPS) is 12.0. The molecule has 19 heteroatoms. The van der Waals surface area contributed by atoms with Crippen molar-refractivity contribution in [1.82, 2.24) is 25.3 Å². The minimum absolute atomic E-state index is 0.00605. The molecule has 0 fully saturated rings. The van der Waals surface area contributed by atoms with Crippen molar-refractivity contribution in [2.24, 2.45) is 5.73 Å². The molecule has 0 saturated carbocycles. The number of carbonyl (C=O) groups excluding carboxylic acids is 3. The second-order valence-electron chi connectivity index (χ2n) is 17.0. The van der Waals surface area contributed by atoms with Crippen molar-refractivity contribution in [3.05, 3.63) is 130 Å². The van der Waals surface area contributed by atoms with Gasteiger partial charge in [-0.3, -0.25) is 14.5 Å². The van der Waals surface area contributed by atoms with Crippen LogP contribution in [0.3, 0.4) is 0 Å². The zero-order valence-corrected chi connectivity index (χ0v) is 39.6. The van der Waals surface area contributed by atoms with Gasteiger partial charge in [-0.1, -0.05) is 35.9 Å². The highest BCUT2D eigenvalue weighted by atomic mass is 35.5. The number of carboxylic acid groups (broad SMARTS) is 1. The molecule has 1 aromatic carbocycles. The van der Waals surface area contributed by atoms with E-state index in [-0.39, 0.29) is 17.0 Å². The summed E-state index contributed by atoms with van der Waals surface area (Å²) in [5.41, 5.74) is 7.82. The molecule has 0 spiro atoms. The number of rotatable bonds is 18. The second-order valence-corrected chi connectivity index (χ2v) is 17.4. The molecule has 0 aliphatic rings. The fourth-order valence-electron chi connectivity index (χ4n) is 5.79. The molecule has 358 valence electrons. The molecule has 0 bridgehead atoms. The van der Waals surface area contributed by atoms with Crippen LogP contribution in [0.15, 0.2) is 91.3 Å². The first-order valence-corrected chi connectivity index (χ1v) is 21.7. The summed E-state index contributed by atoms with van der Waals surface area (Å²) in [7, 11) is 3.42. The molecule has 5 N–H and O–H groups in total. The first-order chi connectivity index (χ1) is 31.6. The van der Waals surface area contributed by atoms with Crippen LogP contribution in [0.25, 0.3) is 0 Å². The Labute approximate surface area is 394 Å². The van der Waals surface area contributed by atoms with Crippen LogP contribution in [-0.4, -0.2) is 99.6 Å². The van der Waals surface area contributed by atoms with Crippen LogP contribution in [0, 0.1) is 5.82 Å². The number of nitrogens with two attached hydrogens (primary N) is 1. The first kappa shape index (κ1) is 52.7. The number of aromatic nitrogens is 4. The Kier molecular flexibility index (Phi) is 19.3. The van der Waals surface area contributed by atoms with E-state index in [1.807, 2.05) is 57.2 Å². The number of nitrogens with zero attached hydrogens (tertiary/aromatic N) is 5. The molecule has 0 radical (unpaired) electrons. The number of anilines is 2. The van der Waals surface area contributed by atoms with E-state index in [4.69, 9.17) is 36.3 Å². The highest BCUT2D eigenvalue weighted by Gasteiger charge is 2.25. The number of carboxylic acids is 1. The number of ether oxygens (including phenoxy) is 4. The fraction of sp³-hybridized carbons (Fsp3) is 0.375. The third-order valence-electron chi connectivity index (χ3n) is 9.06. The van der Waals surface area contributed by atoms with E-state index in [1.54, 1.807) is 65.3 Å². The molecule has 4 heterocycles. The second kappa shape index (κ2) is 24.6. The molecule has 2 amide bonds. The van der Waals surface area contributed by atoms with Crippen LogP contribution in [0.2, 0.25) is 5.02 Å². The van der Waals surface area contributed by atoms with E-state index in [1.165, 1.54) is 17.2 Å². The summed E-state index contributed by atoms with van der Waals surface area (Å²) < 4.78 is 35.2. The van der Waals surface area contributed by atoms with Crippen molar-refractivity contribution >= 4 is 47.2 Å².